The maximum absolute atomic E-state index is 12.2. The van der Waals surface area contributed by atoms with Crippen molar-refractivity contribution in [3.63, 3.8) is 0 Å². The van der Waals surface area contributed by atoms with Crippen LogP contribution in [0.4, 0.5) is 0 Å². The van der Waals surface area contributed by atoms with Gasteiger partial charge >= 0.3 is 0 Å². The van der Waals surface area contributed by atoms with Gasteiger partial charge in [0.15, 0.2) is 9.84 Å². The Kier molecular flexibility index (Phi) is 2.35. The van der Waals surface area contributed by atoms with Crippen molar-refractivity contribution in [2.75, 3.05) is 0 Å². The number of hydrogen-bond acceptors (Lipinski definition) is 3. The molecule has 0 bridgehead atoms. The summed E-state index contributed by atoms with van der Waals surface area (Å²) in [6, 6.07) is 6.81. The van der Waals surface area contributed by atoms with Gasteiger partial charge in [-0.05, 0) is 39.0 Å². The summed E-state index contributed by atoms with van der Waals surface area (Å²) < 4.78 is 28.8. The summed E-state index contributed by atoms with van der Waals surface area (Å²) in [6.07, 6.45) is 1.54. The molecule has 0 fully saturated rings. The molecule has 1 aliphatic heterocycles. The molecule has 0 saturated carbocycles. The molecule has 16 heavy (non-hydrogen) atoms. The SMILES string of the molecule is CC(C)(C)S(=O)(=O)c1cc2cccoc-2c1. The predicted molar refractivity (Wildman–Crippen MR) is 62.3 cm³/mol. The zero-order chi connectivity index (χ0) is 12.0. The molecular weight excluding hydrogens is 224 g/mol. The van der Waals surface area contributed by atoms with Crippen LogP contribution in [0.3, 0.4) is 0 Å². The van der Waals surface area contributed by atoms with Crippen molar-refractivity contribution in [3.8, 4) is 11.3 Å². The lowest BCUT2D eigenvalue weighted by molar-refractivity contribution is 0.557. The van der Waals surface area contributed by atoms with Crippen molar-refractivity contribution < 1.29 is 12.8 Å². The minimum absolute atomic E-state index is 0.324. The Labute approximate surface area is 95.3 Å². The van der Waals surface area contributed by atoms with Gasteiger partial charge in [0.05, 0.1) is 15.9 Å². The molecule has 0 amide bonds. The van der Waals surface area contributed by atoms with E-state index in [0.29, 0.717) is 10.7 Å². The number of fused-ring (bicyclic) bond motifs is 1. The molecule has 2 rings (SSSR count). The van der Waals surface area contributed by atoms with Crippen LogP contribution in [0.1, 0.15) is 20.8 Å². The smallest absolute Gasteiger partial charge is 0.183 e. The Hall–Kier alpha value is -1.29. The first-order valence-corrected chi connectivity index (χ1v) is 6.52. The molecule has 0 aromatic carbocycles. The quantitative estimate of drug-likeness (QED) is 0.767. The second-order valence-corrected chi connectivity index (χ2v) is 7.44. The summed E-state index contributed by atoms with van der Waals surface area (Å²) in [7, 11) is -3.30. The second kappa shape index (κ2) is 3.35. The molecule has 0 radical (unpaired) electrons. The van der Waals surface area contributed by atoms with Crippen LogP contribution in [-0.2, 0) is 9.84 Å². The molecule has 0 aromatic heterocycles. The molecule has 0 N–H and O–H groups in total. The number of hydrogen-bond donors (Lipinski definition) is 0. The molecule has 2 aliphatic rings. The number of rotatable bonds is 1. The molecule has 0 saturated heterocycles. The highest BCUT2D eigenvalue weighted by Gasteiger charge is 2.32. The third-order valence-electron chi connectivity index (χ3n) is 2.52. The summed E-state index contributed by atoms with van der Waals surface area (Å²) in [5.41, 5.74) is 0.810. The Bertz CT molecular complexity index is 543. The van der Waals surface area contributed by atoms with E-state index in [2.05, 4.69) is 0 Å². The molecule has 4 heteroatoms. The van der Waals surface area contributed by atoms with E-state index in [0.717, 1.165) is 5.56 Å². The Morgan fingerprint density at radius 3 is 2.44 bits per heavy atom. The van der Waals surface area contributed by atoms with E-state index >= 15 is 0 Å². The van der Waals surface area contributed by atoms with Crippen molar-refractivity contribution in [1.82, 2.24) is 0 Å². The van der Waals surface area contributed by atoms with Crippen LogP contribution in [0.15, 0.2) is 39.8 Å². The predicted octanol–water partition coefficient (Wildman–Crippen LogP) is 2.96. The number of sulfone groups is 1. The van der Waals surface area contributed by atoms with Gasteiger partial charge in [-0.3, -0.25) is 0 Å². The molecular formula is C12H14O3S. The fraction of sp³-hybridized carbons (Fsp3) is 0.333. The molecule has 3 nitrogen and oxygen atoms in total. The summed E-state index contributed by atoms with van der Waals surface area (Å²) in [6.45, 7) is 5.07. The van der Waals surface area contributed by atoms with E-state index in [1.54, 1.807) is 39.0 Å². The fourth-order valence-corrected chi connectivity index (χ4v) is 2.73. The van der Waals surface area contributed by atoms with Crippen LogP contribution in [0.5, 0.6) is 0 Å². The molecule has 86 valence electrons. The van der Waals surface area contributed by atoms with Crippen LogP contribution in [-0.4, -0.2) is 13.2 Å². The van der Waals surface area contributed by atoms with Crippen LogP contribution in [0.2, 0.25) is 0 Å². The third kappa shape index (κ3) is 1.63. The van der Waals surface area contributed by atoms with Gasteiger partial charge in [0, 0.05) is 11.6 Å². The summed E-state index contributed by atoms with van der Waals surface area (Å²) >= 11 is 0. The lowest BCUT2D eigenvalue weighted by atomic mass is 10.3. The van der Waals surface area contributed by atoms with E-state index in [-0.39, 0.29) is 0 Å². The first kappa shape index (κ1) is 11.2. The average Bonchev–Trinajstić information content (AvgIpc) is 2.59. The van der Waals surface area contributed by atoms with Gasteiger partial charge in [-0.25, -0.2) is 8.42 Å². The largest absolute Gasteiger partial charge is 0.464 e. The monoisotopic (exact) mass is 238 g/mol. The fourth-order valence-electron chi connectivity index (χ4n) is 1.48. The highest BCUT2D eigenvalue weighted by Crippen LogP contribution is 2.33. The van der Waals surface area contributed by atoms with Crippen molar-refractivity contribution in [2.45, 2.75) is 30.4 Å². The van der Waals surface area contributed by atoms with Crippen LogP contribution >= 0.6 is 0 Å². The van der Waals surface area contributed by atoms with Gasteiger partial charge in [0.25, 0.3) is 0 Å². The van der Waals surface area contributed by atoms with E-state index in [1.807, 2.05) is 6.07 Å². The Balaban J connectivity index is 2.63. The van der Waals surface area contributed by atoms with Crippen molar-refractivity contribution in [3.05, 3.63) is 30.5 Å². The molecule has 1 aliphatic carbocycles. The molecule has 0 spiro atoms. The maximum atomic E-state index is 12.2. The van der Waals surface area contributed by atoms with E-state index < -0.39 is 14.6 Å². The van der Waals surface area contributed by atoms with Crippen molar-refractivity contribution >= 4 is 9.84 Å². The standard InChI is InChI=1S/C12H14O3S/c1-12(2,3)16(13,14)10-7-9-5-4-6-15-11(9)8-10/h4-8H,1-3H3. The van der Waals surface area contributed by atoms with Gasteiger partial charge in [0.1, 0.15) is 5.76 Å². The molecule has 0 aromatic rings. The second-order valence-electron chi connectivity index (χ2n) is 4.74. The van der Waals surface area contributed by atoms with E-state index in [1.165, 1.54) is 6.26 Å². The average molecular weight is 238 g/mol. The Morgan fingerprint density at radius 1 is 1.19 bits per heavy atom. The molecule has 0 atom stereocenters. The minimum atomic E-state index is -3.30. The Morgan fingerprint density at radius 2 is 1.88 bits per heavy atom. The zero-order valence-electron chi connectivity index (χ0n) is 9.52. The highest BCUT2D eigenvalue weighted by molar-refractivity contribution is 7.92. The van der Waals surface area contributed by atoms with Crippen LogP contribution < -0.4 is 0 Å². The third-order valence-corrected chi connectivity index (χ3v) is 4.99. The molecule has 1 heterocycles. The minimum Gasteiger partial charge on any atom is -0.464 e. The topological polar surface area (TPSA) is 47.3 Å². The summed E-state index contributed by atoms with van der Waals surface area (Å²) in [5, 5.41) is 0. The normalized spacial score (nSPS) is 13.2. The van der Waals surface area contributed by atoms with Crippen molar-refractivity contribution in [2.24, 2.45) is 0 Å². The van der Waals surface area contributed by atoms with Crippen LogP contribution in [0.25, 0.3) is 11.3 Å². The van der Waals surface area contributed by atoms with Crippen molar-refractivity contribution in [1.29, 1.82) is 0 Å². The van der Waals surface area contributed by atoms with Gasteiger partial charge in [-0.15, -0.1) is 0 Å². The maximum Gasteiger partial charge on any atom is 0.183 e. The van der Waals surface area contributed by atoms with E-state index in [4.69, 9.17) is 4.42 Å². The van der Waals surface area contributed by atoms with E-state index in [9.17, 15) is 8.42 Å². The van der Waals surface area contributed by atoms with Gasteiger partial charge in [0.2, 0.25) is 0 Å². The first-order chi connectivity index (χ1) is 7.32. The summed E-state index contributed by atoms with van der Waals surface area (Å²) in [5.74, 6) is 0.602. The summed E-state index contributed by atoms with van der Waals surface area (Å²) in [4.78, 5) is 0.324. The molecule has 0 unspecified atom stereocenters. The zero-order valence-corrected chi connectivity index (χ0v) is 10.3. The highest BCUT2D eigenvalue weighted by atomic mass is 32.2. The van der Waals surface area contributed by atoms with Crippen LogP contribution in [0, 0.1) is 0 Å². The lowest BCUT2D eigenvalue weighted by Crippen LogP contribution is -2.27. The lowest BCUT2D eigenvalue weighted by Gasteiger charge is -2.17. The van der Waals surface area contributed by atoms with Gasteiger partial charge in [-0.1, -0.05) is 0 Å². The first-order valence-electron chi connectivity index (χ1n) is 5.04. The van der Waals surface area contributed by atoms with Gasteiger partial charge < -0.3 is 4.42 Å². The van der Waals surface area contributed by atoms with Gasteiger partial charge in [-0.2, -0.15) is 0 Å².